The molecular weight excluding hydrogens is 272 g/mol. The Balaban J connectivity index is 1.66. The number of methoxy groups -OCH3 is 1. The van der Waals surface area contributed by atoms with Crippen molar-refractivity contribution in [3.05, 3.63) is 41.5 Å². The van der Waals surface area contributed by atoms with Crippen molar-refractivity contribution in [2.45, 2.75) is 19.9 Å². The molecule has 1 aromatic carbocycles. The number of carbonyl (C=O) groups is 1. The highest BCUT2D eigenvalue weighted by Gasteiger charge is 2.05. The molecule has 7 heteroatoms. The van der Waals surface area contributed by atoms with Crippen LogP contribution in [0.4, 0.5) is 4.79 Å². The zero-order valence-electron chi connectivity index (χ0n) is 12.0. The second-order valence-corrected chi connectivity index (χ2v) is 4.44. The molecule has 1 aromatic heterocycles. The standard InChI is InChI=1S/C14H18N4O3/c1-10-17-13(21-18-10)9-16-14(19)15-8-7-11-3-5-12(20-2)6-4-11/h3-6H,7-9H2,1-2H3,(H2,15,16,19). The van der Waals surface area contributed by atoms with E-state index in [0.717, 1.165) is 17.7 Å². The van der Waals surface area contributed by atoms with Gasteiger partial charge in [-0.05, 0) is 31.0 Å². The van der Waals surface area contributed by atoms with Gasteiger partial charge >= 0.3 is 6.03 Å². The lowest BCUT2D eigenvalue weighted by Crippen LogP contribution is -2.36. The minimum atomic E-state index is -0.264. The van der Waals surface area contributed by atoms with Gasteiger partial charge in [0.1, 0.15) is 5.75 Å². The topological polar surface area (TPSA) is 89.3 Å². The number of urea groups is 1. The molecule has 0 unspecified atom stereocenters. The molecule has 112 valence electrons. The van der Waals surface area contributed by atoms with E-state index in [9.17, 15) is 4.79 Å². The van der Waals surface area contributed by atoms with Gasteiger partial charge in [0.2, 0.25) is 5.89 Å². The van der Waals surface area contributed by atoms with Gasteiger partial charge in [-0.15, -0.1) is 0 Å². The van der Waals surface area contributed by atoms with Crippen LogP contribution in [0.5, 0.6) is 5.75 Å². The van der Waals surface area contributed by atoms with Crippen LogP contribution in [0.15, 0.2) is 28.8 Å². The highest BCUT2D eigenvalue weighted by Crippen LogP contribution is 2.11. The maximum Gasteiger partial charge on any atom is 0.315 e. The van der Waals surface area contributed by atoms with E-state index < -0.39 is 0 Å². The third-order valence-corrected chi connectivity index (χ3v) is 2.83. The van der Waals surface area contributed by atoms with Crippen molar-refractivity contribution in [2.75, 3.05) is 13.7 Å². The summed E-state index contributed by atoms with van der Waals surface area (Å²) >= 11 is 0. The Morgan fingerprint density at radius 2 is 2.05 bits per heavy atom. The van der Waals surface area contributed by atoms with Crippen molar-refractivity contribution < 1.29 is 14.1 Å². The van der Waals surface area contributed by atoms with Crippen LogP contribution in [-0.2, 0) is 13.0 Å². The molecule has 2 aromatic rings. The zero-order valence-corrected chi connectivity index (χ0v) is 12.0. The summed E-state index contributed by atoms with van der Waals surface area (Å²) in [5.74, 6) is 1.75. The summed E-state index contributed by atoms with van der Waals surface area (Å²) in [6, 6.07) is 7.47. The molecule has 0 radical (unpaired) electrons. The van der Waals surface area contributed by atoms with E-state index in [1.165, 1.54) is 0 Å². The number of nitrogens with zero attached hydrogens (tertiary/aromatic N) is 2. The first kappa shape index (κ1) is 14.8. The number of nitrogens with one attached hydrogen (secondary N) is 2. The van der Waals surface area contributed by atoms with Crippen LogP contribution in [0, 0.1) is 6.92 Å². The van der Waals surface area contributed by atoms with Gasteiger partial charge in [0.25, 0.3) is 0 Å². The lowest BCUT2D eigenvalue weighted by Gasteiger charge is -2.06. The van der Waals surface area contributed by atoms with Crippen LogP contribution in [0.2, 0.25) is 0 Å². The summed E-state index contributed by atoms with van der Waals surface area (Å²) in [7, 11) is 1.63. The molecule has 0 saturated carbocycles. The minimum Gasteiger partial charge on any atom is -0.497 e. The third-order valence-electron chi connectivity index (χ3n) is 2.83. The number of benzene rings is 1. The number of carbonyl (C=O) groups excluding carboxylic acids is 1. The maximum atomic E-state index is 11.6. The molecule has 0 bridgehead atoms. The summed E-state index contributed by atoms with van der Waals surface area (Å²) < 4.78 is 9.98. The average Bonchev–Trinajstić information content (AvgIpc) is 2.91. The zero-order chi connectivity index (χ0) is 15.1. The number of ether oxygens (including phenoxy) is 1. The molecule has 0 aliphatic carbocycles. The van der Waals surface area contributed by atoms with E-state index in [1.54, 1.807) is 14.0 Å². The molecule has 0 spiro atoms. The number of amides is 2. The van der Waals surface area contributed by atoms with Crippen molar-refractivity contribution in [1.82, 2.24) is 20.8 Å². The van der Waals surface area contributed by atoms with Gasteiger partial charge < -0.3 is 19.9 Å². The first-order valence-corrected chi connectivity index (χ1v) is 6.61. The molecule has 21 heavy (non-hydrogen) atoms. The molecule has 0 saturated heterocycles. The second kappa shape index (κ2) is 7.28. The molecule has 0 atom stereocenters. The second-order valence-electron chi connectivity index (χ2n) is 4.44. The maximum absolute atomic E-state index is 11.6. The Labute approximate surface area is 122 Å². The fraction of sp³-hybridized carbons (Fsp3) is 0.357. The Morgan fingerprint density at radius 1 is 1.29 bits per heavy atom. The van der Waals surface area contributed by atoms with Gasteiger partial charge in [-0.25, -0.2) is 4.79 Å². The van der Waals surface area contributed by atoms with Gasteiger partial charge in [0.05, 0.1) is 13.7 Å². The smallest absolute Gasteiger partial charge is 0.315 e. The molecule has 2 rings (SSSR count). The predicted octanol–water partition coefficient (Wildman–Crippen LogP) is 1.43. The Hall–Kier alpha value is -2.57. The van der Waals surface area contributed by atoms with Gasteiger partial charge in [-0.2, -0.15) is 4.98 Å². The van der Waals surface area contributed by atoms with E-state index in [2.05, 4.69) is 20.8 Å². The van der Waals surface area contributed by atoms with E-state index in [4.69, 9.17) is 9.26 Å². The molecule has 1 heterocycles. The summed E-state index contributed by atoms with van der Waals surface area (Å²) in [6.45, 7) is 2.48. The monoisotopic (exact) mass is 290 g/mol. The Kier molecular flexibility index (Phi) is 5.14. The SMILES string of the molecule is COc1ccc(CCNC(=O)NCc2nc(C)no2)cc1. The van der Waals surface area contributed by atoms with Crippen LogP contribution in [0.1, 0.15) is 17.3 Å². The fourth-order valence-electron chi connectivity index (χ4n) is 1.74. The molecule has 2 amide bonds. The summed E-state index contributed by atoms with van der Waals surface area (Å²) in [6.07, 6.45) is 0.747. The summed E-state index contributed by atoms with van der Waals surface area (Å²) in [4.78, 5) is 15.6. The normalized spacial score (nSPS) is 10.2. The van der Waals surface area contributed by atoms with Crippen LogP contribution >= 0.6 is 0 Å². The van der Waals surface area contributed by atoms with Gasteiger partial charge in [-0.3, -0.25) is 0 Å². The van der Waals surface area contributed by atoms with Crippen molar-refractivity contribution in [3.8, 4) is 5.75 Å². The van der Waals surface area contributed by atoms with E-state index in [-0.39, 0.29) is 12.6 Å². The third kappa shape index (κ3) is 4.79. The molecule has 0 fully saturated rings. The van der Waals surface area contributed by atoms with E-state index >= 15 is 0 Å². The van der Waals surface area contributed by atoms with Crippen molar-refractivity contribution in [2.24, 2.45) is 0 Å². The molecule has 0 aliphatic rings. The minimum absolute atomic E-state index is 0.217. The van der Waals surface area contributed by atoms with Crippen molar-refractivity contribution >= 4 is 6.03 Å². The predicted molar refractivity (Wildman–Crippen MR) is 76.0 cm³/mol. The summed E-state index contributed by atoms with van der Waals surface area (Å²) in [5, 5.41) is 9.06. The van der Waals surface area contributed by atoms with Gasteiger partial charge in [0, 0.05) is 6.54 Å². The quantitative estimate of drug-likeness (QED) is 0.840. The molecule has 0 aliphatic heterocycles. The van der Waals surface area contributed by atoms with Crippen LogP contribution in [0.25, 0.3) is 0 Å². The average molecular weight is 290 g/mol. The Bertz CT molecular complexity index is 580. The van der Waals surface area contributed by atoms with Crippen LogP contribution in [0.3, 0.4) is 0 Å². The van der Waals surface area contributed by atoms with Gasteiger partial charge in [0.15, 0.2) is 5.82 Å². The van der Waals surface area contributed by atoms with Gasteiger partial charge in [-0.1, -0.05) is 17.3 Å². The lowest BCUT2D eigenvalue weighted by molar-refractivity contribution is 0.238. The van der Waals surface area contributed by atoms with E-state index in [1.807, 2.05) is 24.3 Å². The number of aryl methyl sites for hydroxylation is 1. The lowest BCUT2D eigenvalue weighted by atomic mass is 10.1. The molecule has 2 N–H and O–H groups in total. The van der Waals surface area contributed by atoms with Crippen LogP contribution in [-0.4, -0.2) is 29.8 Å². The fourth-order valence-corrected chi connectivity index (χ4v) is 1.74. The molecule has 7 nitrogen and oxygen atoms in total. The number of rotatable bonds is 6. The number of aromatic nitrogens is 2. The Morgan fingerprint density at radius 3 is 2.67 bits per heavy atom. The number of hydrogen-bond donors (Lipinski definition) is 2. The molecular formula is C14H18N4O3. The first-order valence-electron chi connectivity index (χ1n) is 6.61. The summed E-state index contributed by atoms with van der Waals surface area (Å²) in [5.41, 5.74) is 1.13. The van der Waals surface area contributed by atoms with Crippen LogP contribution < -0.4 is 15.4 Å². The van der Waals surface area contributed by atoms with Crippen molar-refractivity contribution in [1.29, 1.82) is 0 Å². The highest BCUT2D eigenvalue weighted by molar-refractivity contribution is 5.73. The largest absolute Gasteiger partial charge is 0.497 e. The first-order chi connectivity index (χ1) is 10.2. The van der Waals surface area contributed by atoms with Crippen molar-refractivity contribution in [3.63, 3.8) is 0 Å². The number of hydrogen-bond acceptors (Lipinski definition) is 5. The highest BCUT2D eigenvalue weighted by atomic mass is 16.5. The van der Waals surface area contributed by atoms with E-state index in [0.29, 0.717) is 18.3 Å².